The van der Waals surface area contributed by atoms with Crippen LogP contribution in [0, 0.1) is 0 Å². The minimum absolute atomic E-state index is 0.153. The van der Waals surface area contributed by atoms with Crippen LogP contribution in [0.15, 0.2) is 49.1 Å². The maximum atomic E-state index is 13.2. The number of fused-ring (bicyclic) bond motifs is 1. The first-order chi connectivity index (χ1) is 15.1. The zero-order valence-electron chi connectivity index (χ0n) is 16.9. The molecule has 0 bridgehead atoms. The first-order valence-electron chi connectivity index (χ1n) is 10.4. The Bertz CT molecular complexity index is 1260. The van der Waals surface area contributed by atoms with E-state index in [9.17, 15) is 9.90 Å². The maximum absolute atomic E-state index is 13.2. The van der Waals surface area contributed by atoms with Crippen LogP contribution in [-0.4, -0.2) is 43.7 Å². The molecule has 0 spiro atoms. The van der Waals surface area contributed by atoms with Crippen LogP contribution in [0.5, 0.6) is 0 Å². The number of piperidine rings is 1. The van der Waals surface area contributed by atoms with Crippen molar-refractivity contribution in [2.75, 3.05) is 13.1 Å². The number of carbonyl (C=O) groups is 1. The summed E-state index contributed by atoms with van der Waals surface area (Å²) in [6.07, 6.45) is 9.60. The fourth-order valence-electron chi connectivity index (χ4n) is 4.20. The van der Waals surface area contributed by atoms with Gasteiger partial charge in [-0.2, -0.15) is 5.10 Å². The molecule has 1 fully saturated rings. The third-order valence-corrected chi connectivity index (χ3v) is 6.28. The highest BCUT2D eigenvalue weighted by Crippen LogP contribution is 2.29. The van der Waals surface area contributed by atoms with Gasteiger partial charge in [-0.15, -0.1) is 0 Å². The van der Waals surface area contributed by atoms with Crippen LogP contribution in [0.25, 0.3) is 22.2 Å². The summed E-state index contributed by atoms with van der Waals surface area (Å²) in [4.78, 5) is 20.8. The molecule has 0 unspecified atom stereocenters. The van der Waals surface area contributed by atoms with Crippen molar-refractivity contribution in [3.8, 4) is 11.1 Å². The molecule has 31 heavy (non-hydrogen) atoms. The van der Waals surface area contributed by atoms with Crippen molar-refractivity contribution in [2.45, 2.75) is 25.5 Å². The van der Waals surface area contributed by atoms with Gasteiger partial charge in [-0.05, 0) is 23.8 Å². The van der Waals surface area contributed by atoms with Gasteiger partial charge in [0.15, 0.2) is 5.78 Å². The summed E-state index contributed by atoms with van der Waals surface area (Å²) in [7, 11) is 0. The molecular weight excluding hydrogens is 414 g/mol. The van der Waals surface area contributed by atoms with Gasteiger partial charge in [0.25, 0.3) is 0 Å². The predicted octanol–water partition coefficient (Wildman–Crippen LogP) is 2.70. The summed E-state index contributed by atoms with van der Waals surface area (Å²) in [5, 5.41) is 17.4. The number of rotatable bonds is 5. The Labute approximate surface area is 184 Å². The van der Waals surface area contributed by atoms with E-state index in [2.05, 4.69) is 31.3 Å². The summed E-state index contributed by atoms with van der Waals surface area (Å²) in [6.45, 7) is 2.10. The van der Waals surface area contributed by atoms with E-state index in [4.69, 9.17) is 11.6 Å². The van der Waals surface area contributed by atoms with Gasteiger partial charge in [0.2, 0.25) is 0 Å². The number of quaternary nitrogens is 1. The van der Waals surface area contributed by atoms with Crippen molar-refractivity contribution in [2.24, 2.45) is 0 Å². The second-order valence-electron chi connectivity index (χ2n) is 7.93. The number of H-pyrrole nitrogens is 1. The van der Waals surface area contributed by atoms with Gasteiger partial charge < -0.3 is 15.4 Å². The Morgan fingerprint density at radius 3 is 2.84 bits per heavy atom. The van der Waals surface area contributed by atoms with Gasteiger partial charge in [0.1, 0.15) is 5.65 Å². The lowest BCUT2D eigenvalue weighted by Gasteiger charge is -2.20. The number of ketones is 1. The fourth-order valence-corrected chi connectivity index (χ4v) is 4.40. The fraction of sp³-hybridized carbons (Fsp3) is 0.261. The number of aromatic amines is 1. The highest BCUT2D eigenvalue weighted by atomic mass is 35.5. The average molecular weight is 437 g/mol. The molecule has 0 atom stereocenters. The third kappa shape index (κ3) is 3.76. The summed E-state index contributed by atoms with van der Waals surface area (Å²) >= 11 is 6.28. The Kier molecular flexibility index (Phi) is 5.31. The van der Waals surface area contributed by atoms with Crippen LogP contribution in [0.4, 0.5) is 0 Å². The molecule has 158 valence electrons. The normalized spacial score (nSPS) is 14.9. The first kappa shape index (κ1) is 19.9. The molecule has 1 aliphatic heterocycles. The van der Waals surface area contributed by atoms with Crippen molar-refractivity contribution in [3.63, 3.8) is 0 Å². The third-order valence-electron chi connectivity index (χ3n) is 5.95. The second kappa shape index (κ2) is 8.26. The molecule has 3 aromatic heterocycles. The van der Waals surface area contributed by atoms with Crippen molar-refractivity contribution in [1.29, 1.82) is 0 Å². The zero-order valence-corrected chi connectivity index (χ0v) is 17.6. The van der Waals surface area contributed by atoms with E-state index in [1.165, 1.54) is 0 Å². The second-order valence-corrected chi connectivity index (χ2v) is 8.34. The van der Waals surface area contributed by atoms with E-state index < -0.39 is 0 Å². The molecule has 0 saturated carbocycles. The average Bonchev–Trinajstić information content (AvgIpc) is 3.47. The summed E-state index contributed by atoms with van der Waals surface area (Å²) in [6, 6.07) is 7.37. The highest BCUT2D eigenvalue weighted by molar-refractivity contribution is 6.35. The van der Waals surface area contributed by atoms with Crippen molar-refractivity contribution < 1.29 is 15.2 Å². The largest absolute Gasteiger partial charge is 0.392 e. The molecule has 1 saturated heterocycles. The standard InChI is InChI=1S/C23H22ClN5O2/c24-21-2-1-14(13-30)7-19(21)22(31)20-11-27-23-18(20)8-15(9-26-23)16-10-28-29(12-16)17-3-5-25-6-4-17/h1-2,7-12,17,25,30H,3-6,13H2,(H,26,27)/p+1. The number of aromatic nitrogens is 4. The molecule has 0 amide bonds. The van der Waals surface area contributed by atoms with Crippen LogP contribution in [0.1, 0.15) is 40.4 Å². The molecule has 1 aliphatic rings. The summed E-state index contributed by atoms with van der Waals surface area (Å²) in [5.41, 5.74) is 4.02. The smallest absolute Gasteiger partial charge is 0.196 e. The van der Waals surface area contributed by atoms with Crippen LogP contribution in [0.3, 0.4) is 0 Å². The number of nitrogens with two attached hydrogens (primary N) is 1. The minimum Gasteiger partial charge on any atom is -0.392 e. The monoisotopic (exact) mass is 436 g/mol. The molecule has 4 N–H and O–H groups in total. The highest BCUT2D eigenvalue weighted by Gasteiger charge is 2.20. The van der Waals surface area contributed by atoms with E-state index in [0.29, 0.717) is 33.4 Å². The van der Waals surface area contributed by atoms with E-state index in [0.717, 1.165) is 42.4 Å². The number of aliphatic hydroxyl groups excluding tert-OH is 1. The number of halogens is 1. The minimum atomic E-state index is -0.209. The van der Waals surface area contributed by atoms with Gasteiger partial charge in [0, 0.05) is 59.1 Å². The van der Waals surface area contributed by atoms with E-state index in [1.54, 1.807) is 30.6 Å². The SMILES string of the molecule is O=C(c1cc(CO)ccc1Cl)c1c[nH]c2ncc(-c3cnn(C4CC[NH2+]CC4)c3)cc12. The van der Waals surface area contributed by atoms with E-state index >= 15 is 0 Å². The molecule has 0 radical (unpaired) electrons. The Morgan fingerprint density at radius 1 is 1.19 bits per heavy atom. The lowest BCUT2D eigenvalue weighted by atomic mass is 10.0. The van der Waals surface area contributed by atoms with Gasteiger partial charge in [-0.1, -0.05) is 17.7 Å². The molecule has 4 heterocycles. The van der Waals surface area contributed by atoms with Gasteiger partial charge in [-0.3, -0.25) is 9.48 Å². The molecule has 4 aromatic rings. The van der Waals surface area contributed by atoms with Crippen LogP contribution < -0.4 is 5.32 Å². The van der Waals surface area contributed by atoms with E-state index in [-0.39, 0.29) is 12.4 Å². The number of hydrogen-bond donors (Lipinski definition) is 3. The molecule has 1 aromatic carbocycles. The number of nitrogens with zero attached hydrogens (tertiary/aromatic N) is 3. The topological polar surface area (TPSA) is 100 Å². The quantitative estimate of drug-likeness (QED) is 0.419. The van der Waals surface area contributed by atoms with Crippen LogP contribution in [-0.2, 0) is 6.61 Å². The number of benzene rings is 1. The number of hydrogen-bond acceptors (Lipinski definition) is 4. The maximum Gasteiger partial charge on any atom is 0.196 e. The van der Waals surface area contributed by atoms with Crippen LogP contribution >= 0.6 is 11.6 Å². The number of aliphatic hydroxyl groups is 1. The van der Waals surface area contributed by atoms with E-state index in [1.807, 2.05) is 12.3 Å². The number of carbonyl (C=O) groups excluding carboxylic acids is 1. The molecule has 7 nitrogen and oxygen atoms in total. The lowest BCUT2D eigenvalue weighted by Crippen LogP contribution is -2.86. The first-order valence-corrected chi connectivity index (χ1v) is 10.8. The lowest BCUT2D eigenvalue weighted by molar-refractivity contribution is -0.664. The molecule has 0 aliphatic carbocycles. The van der Waals surface area contributed by atoms with Gasteiger partial charge in [0.05, 0.1) is 37.0 Å². The van der Waals surface area contributed by atoms with Crippen molar-refractivity contribution >= 4 is 28.4 Å². The zero-order chi connectivity index (χ0) is 21.4. The van der Waals surface area contributed by atoms with Crippen molar-refractivity contribution in [1.82, 2.24) is 19.7 Å². The van der Waals surface area contributed by atoms with Crippen molar-refractivity contribution in [3.05, 3.63) is 70.8 Å². The molecular formula is C23H23ClN5O2+. The summed E-state index contributed by atoms with van der Waals surface area (Å²) < 4.78 is 2.05. The predicted molar refractivity (Wildman–Crippen MR) is 118 cm³/mol. The Hall–Kier alpha value is -3.00. The van der Waals surface area contributed by atoms with Gasteiger partial charge in [-0.25, -0.2) is 4.98 Å². The van der Waals surface area contributed by atoms with Gasteiger partial charge >= 0.3 is 0 Å². The number of pyridine rings is 1. The summed E-state index contributed by atoms with van der Waals surface area (Å²) in [5.74, 6) is -0.209. The molecule has 5 rings (SSSR count). The molecule has 8 heteroatoms. The Morgan fingerprint density at radius 2 is 2.03 bits per heavy atom. The number of nitrogens with one attached hydrogen (secondary N) is 1. The van der Waals surface area contributed by atoms with Crippen LogP contribution in [0.2, 0.25) is 5.02 Å². The Balaban J connectivity index is 1.50.